The van der Waals surface area contributed by atoms with Crippen LogP contribution in [0.4, 0.5) is 0 Å². The predicted octanol–water partition coefficient (Wildman–Crippen LogP) is 3.72. The summed E-state index contributed by atoms with van der Waals surface area (Å²) in [6.45, 7) is 5.55. The van der Waals surface area contributed by atoms with Crippen molar-refractivity contribution in [2.75, 3.05) is 26.7 Å². The van der Waals surface area contributed by atoms with Gasteiger partial charge in [0, 0.05) is 17.6 Å². The zero-order chi connectivity index (χ0) is 13.7. The van der Waals surface area contributed by atoms with Crippen molar-refractivity contribution >= 4 is 11.6 Å². The predicted molar refractivity (Wildman–Crippen MR) is 82.7 cm³/mol. The zero-order valence-corrected chi connectivity index (χ0v) is 12.8. The summed E-state index contributed by atoms with van der Waals surface area (Å²) in [7, 11) is 2.24. The SMILES string of the molecule is CCNC(CCN(C)CC1CC1)c1cccc(Cl)c1. The van der Waals surface area contributed by atoms with Gasteiger partial charge in [-0.15, -0.1) is 0 Å². The number of halogens is 1. The minimum absolute atomic E-state index is 0.408. The summed E-state index contributed by atoms with van der Waals surface area (Å²) >= 11 is 6.09. The summed E-state index contributed by atoms with van der Waals surface area (Å²) in [4.78, 5) is 2.46. The average Bonchev–Trinajstić information content (AvgIpc) is 3.18. The van der Waals surface area contributed by atoms with Crippen LogP contribution in [0.5, 0.6) is 0 Å². The second-order valence-electron chi connectivity index (χ2n) is 5.66. The molecule has 1 aromatic carbocycles. The first-order valence-electron chi connectivity index (χ1n) is 7.36. The molecule has 2 nitrogen and oxygen atoms in total. The van der Waals surface area contributed by atoms with Gasteiger partial charge in [-0.25, -0.2) is 0 Å². The maximum atomic E-state index is 6.09. The molecule has 1 aliphatic carbocycles. The van der Waals surface area contributed by atoms with Crippen molar-refractivity contribution in [2.24, 2.45) is 5.92 Å². The highest BCUT2D eigenvalue weighted by Gasteiger charge is 2.23. The summed E-state index contributed by atoms with van der Waals surface area (Å²) < 4.78 is 0. The third kappa shape index (κ3) is 5.13. The maximum Gasteiger partial charge on any atom is 0.0409 e. The molecule has 0 aromatic heterocycles. The fraction of sp³-hybridized carbons (Fsp3) is 0.625. The molecule has 0 amide bonds. The van der Waals surface area contributed by atoms with Gasteiger partial charge in [0.05, 0.1) is 0 Å². The number of rotatable bonds is 8. The van der Waals surface area contributed by atoms with Crippen LogP contribution >= 0.6 is 11.6 Å². The number of nitrogens with zero attached hydrogens (tertiary/aromatic N) is 1. The molecule has 1 aromatic rings. The number of benzene rings is 1. The maximum absolute atomic E-state index is 6.09. The first kappa shape index (κ1) is 14.8. The van der Waals surface area contributed by atoms with Gasteiger partial charge < -0.3 is 10.2 Å². The van der Waals surface area contributed by atoms with Gasteiger partial charge in [-0.05, 0) is 63.0 Å². The molecule has 1 atom stereocenters. The zero-order valence-electron chi connectivity index (χ0n) is 12.0. The molecule has 0 aliphatic heterocycles. The van der Waals surface area contributed by atoms with E-state index in [4.69, 9.17) is 11.6 Å². The van der Waals surface area contributed by atoms with Gasteiger partial charge in [0.1, 0.15) is 0 Å². The Balaban J connectivity index is 1.87. The highest BCUT2D eigenvalue weighted by Crippen LogP contribution is 2.29. The van der Waals surface area contributed by atoms with E-state index in [9.17, 15) is 0 Å². The van der Waals surface area contributed by atoms with Crippen molar-refractivity contribution in [3.8, 4) is 0 Å². The van der Waals surface area contributed by atoms with Crippen LogP contribution in [0.2, 0.25) is 5.02 Å². The minimum Gasteiger partial charge on any atom is -0.310 e. The Kier molecular flexibility index (Phi) is 5.68. The van der Waals surface area contributed by atoms with Crippen molar-refractivity contribution in [1.29, 1.82) is 0 Å². The molecule has 0 spiro atoms. The Labute approximate surface area is 122 Å². The molecular formula is C16H25ClN2. The molecule has 1 N–H and O–H groups in total. The van der Waals surface area contributed by atoms with Gasteiger partial charge in [-0.1, -0.05) is 30.7 Å². The van der Waals surface area contributed by atoms with Crippen molar-refractivity contribution < 1.29 is 0 Å². The molecule has 0 bridgehead atoms. The van der Waals surface area contributed by atoms with Gasteiger partial charge in [-0.3, -0.25) is 0 Å². The number of hydrogen-bond acceptors (Lipinski definition) is 2. The van der Waals surface area contributed by atoms with Crippen LogP contribution in [0.3, 0.4) is 0 Å². The van der Waals surface area contributed by atoms with Gasteiger partial charge >= 0.3 is 0 Å². The monoisotopic (exact) mass is 280 g/mol. The topological polar surface area (TPSA) is 15.3 Å². The molecule has 1 unspecified atom stereocenters. The van der Waals surface area contributed by atoms with Crippen molar-refractivity contribution in [1.82, 2.24) is 10.2 Å². The van der Waals surface area contributed by atoms with E-state index in [-0.39, 0.29) is 0 Å². The van der Waals surface area contributed by atoms with E-state index in [0.29, 0.717) is 6.04 Å². The van der Waals surface area contributed by atoms with E-state index in [1.165, 1.54) is 24.9 Å². The Hall–Kier alpha value is -0.570. The second-order valence-corrected chi connectivity index (χ2v) is 6.10. The summed E-state index contributed by atoms with van der Waals surface area (Å²) in [5, 5.41) is 4.39. The number of hydrogen-bond donors (Lipinski definition) is 1. The van der Waals surface area contributed by atoms with Crippen LogP contribution in [0.25, 0.3) is 0 Å². The number of nitrogens with one attached hydrogen (secondary N) is 1. The molecule has 0 saturated heterocycles. The molecule has 1 fully saturated rings. The van der Waals surface area contributed by atoms with Crippen LogP contribution in [-0.4, -0.2) is 31.6 Å². The quantitative estimate of drug-likeness (QED) is 0.781. The lowest BCUT2D eigenvalue weighted by atomic mass is 10.0. The lowest BCUT2D eigenvalue weighted by Crippen LogP contribution is -2.28. The van der Waals surface area contributed by atoms with E-state index in [1.54, 1.807) is 0 Å². The molecule has 0 radical (unpaired) electrons. The van der Waals surface area contributed by atoms with Crippen LogP contribution < -0.4 is 5.32 Å². The molecule has 1 aliphatic rings. The van der Waals surface area contributed by atoms with E-state index in [2.05, 4.69) is 36.3 Å². The summed E-state index contributed by atoms with van der Waals surface area (Å²) in [5.41, 5.74) is 1.30. The highest BCUT2D eigenvalue weighted by molar-refractivity contribution is 6.30. The Morgan fingerprint density at radius 3 is 2.84 bits per heavy atom. The standard InChI is InChI=1S/C16H25ClN2/c1-3-18-16(14-5-4-6-15(17)11-14)9-10-19(2)12-13-7-8-13/h4-6,11,13,16,18H,3,7-10,12H2,1-2H3. The fourth-order valence-corrected chi connectivity index (χ4v) is 2.74. The minimum atomic E-state index is 0.408. The smallest absolute Gasteiger partial charge is 0.0409 e. The van der Waals surface area contributed by atoms with Crippen molar-refractivity contribution in [3.63, 3.8) is 0 Å². The van der Waals surface area contributed by atoms with Crippen molar-refractivity contribution in [3.05, 3.63) is 34.9 Å². The molecule has 2 rings (SSSR count). The van der Waals surface area contributed by atoms with Crippen LogP contribution in [0.15, 0.2) is 24.3 Å². The van der Waals surface area contributed by atoms with E-state index in [1.807, 2.05) is 12.1 Å². The lowest BCUT2D eigenvalue weighted by Gasteiger charge is -2.23. The molecule has 106 valence electrons. The van der Waals surface area contributed by atoms with Gasteiger partial charge in [0.2, 0.25) is 0 Å². The Morgan fingerprint density at radius 2 is 2.21 bits per heavy atom. The molecule has 19 heavy (non-hydrogen) atoms. The van der Waals surface area contributed by atoms with Gasteiger partial charge in [0.25, 0.3) is 0 Å². The first-order valence-corrected chi connectivity index (χ1v) is 7.74. The fourth-order valence-electron chi connectivity index (χ4n) is 2.54. The second kappa shape index (κ2) is 7.28. The van der Waals surface area contributed by atoms with Gasteiger partial charge in [0.15, 0.2) is 0 Å². The van der Waals surface area contributed by atoms with Crippen molar-refractivity contribution in [2.45, 2.75) is 32.2 Å². The largest absolute Gasteiger partial charge is 0.310 e. The van der Waals surface area contributed by atoms with E-state index < -0.39 is 0 Å². The Bertz CT molecular complexity index is 390. The van der Waals surface area contributed by atoms with Crippen LogP contribution in [0.1, 0.15) is 37.8 Å². The first-order chi connectivity index (χ1) is 9.19. The lowest BCUT2D eigenvalue weighted by molar-refractivity contribution is 0.297. The van der Waals surface area contributed by atoms with E-state index >= 15 is 0 Å². The molecule has 1 saturated carbocycles. The summed E-state index contributed by atoms with van der Waals surface area (Å²) in [6.07, 6.45) is 3.99. The molecular weight excluding hydrogens is 256 g/mol. The Morgan fingerprint density at radius 1 is 1.42 bits per heavy atom. The summed E-state index contributed by atoms with van der Waals surface area (Å²) in [5.74, 6) is 0.966. The summed E-state index contributed by atoms with van der Waals surface area (Å²) in [6, 6.07) is 8.63. The van der Waals surface area contributed by atoms with E-state index in [0.717, 1.165) is 30.5 Å². The highest BCUT2D eigenvalue weighted by atomic mass is 35.5. The normalized spacial score (nSPS) is 16.8. The third-order valence-corrected chi connectivity index (χ3v) is 4.00. The molecule has 0 heterocycles. The van der Waals surface area contributed by atoms with Gasteiger partial charge in [-0.2, -0.15) is 0 Å². The average molecular weight is 281 g/mol. The molecule has 3 heteroatoms. The van der Waals surface area contributed by atoms with Crippen LogP contribution in [-0.2, 0) is 0 Å². The third-order valence-electron chi connectivity index (χ3n) is 3.77. The van der Waals surface area contributed by atoms with Crippen LogP contribution in [0, 0.1) is 5.92 Å².